The van der Waals surface area contributed by atoms with Crippen LogP contribution in [0.5, 0.6) is 0 Å². The molecule has 5 atom stereocenters. The average molecular weight is 324 g/mol. The maximum absolute atomic E-state index is 13.0. The van der Waals surface area contributed by atoms with Gasteiger partial charge in [-0.3, -0.25) is 9.59 Å². The second-order valence-corrected chi connectivity index (χ2v) is 7.49. The molecule has 0 radical (unpaired) electrons. The molecule has 1 amide bonds. The second-order valence-electron chi connectivity index (χ2n) is 7.49. The van der Waals surface area contributed by atoms with E-state index >= 15 is 0 Å². The number of benzene rings is 1. The molecule has 1 aromatic rings. The van der Waals surface area contributed by atoms with Gasteiger partial charge in [-0.05, 0) is 37.3 Å². The zero-order valence-electron chi connectivity index (χ0n) is 13.5. The van der Waals surface area contributed by atoms with Gasteiger partial charge in [0.25, 0.3) is 0 Å². The lowest BCUT2D eigenvalue weighted by Crippen LogP contribution is -2.56. The molecule has 5 heteroatoms. The largest absolute Gasteiger partial charge is 0.500 e. The van der Waals surface area contributed by atoms with Crippen LogP contribution in [0.15, 0.2) is 36.1 Å². The SMILES string of the molecule is CC(=O)C1=COC[C@H]2[C@H]3N[C@@H](C[C@@H]12)C[C@]31C(=O)Nc2ccccc21. The lowest BCUT2D eigenvalue weighted by molar-refractivity contribution is -0.122. The maximum atomic E-state index is 13.0. The highest BCUT2D eigenvalue weighted by Gasteiger charge is 2.63. The van der Waals surface area contributed by atoms with Gasteiger partial charge in [0.1, 0.15) is 0 Å². The smallest absolute Gasteiger partial charge is 0.236 e. The van der Waals surface area contributed by atoms with Crippen LogP contribution in [0.3, 0.4) is 0 Å². The highest BCUT2D eigenvalue weighted by Crippen LogP contribution is 2.55. The number of carbonyl (C=O) groups is 2. The van der Waals surface area contributed by atoms with E-state index < -0.39 is 5.41 Å². The molecule has 0 aliphatic carbocycles. The molecule has 4 aliphatic rings. The van der Waals surface area contributed by atoms with Crippen molar-refractivity contribution >= 4 is 17.4 Å². The van der Waals surface area contributed by atoms with Crippen molar-refractivity contribution in [2.75, 3.05) is 11.9 Å². The van der Waals surface area contributed by atoms with Gasteiger partial charge in [0, 0.05) is 29.3 Å². The number of ether oxygens (including phenoxy) is 1. The van der Waals surface area contributed by atoms with Gasteiger partial charge in [0.2, 0.25) is 5.91 Å². The van der Waals surface area contributed by atoms with Crippen molar-refractivity contribution < 1.29 is 14.3 Å². The number of fused-ring (bicyclic) bond motifs is 7. The maximum Gasteiger partial charge on any atom is 0.236 e. The fraction of sp³-hybridized carbons (Fsp3) is 0.474. The number of piperidine rings is 1. The number of Topliss-reactive ketones (excluding diaryl/α,β-unsaturated/α-hetero) is 1. The monoisotopic (exact) mass is 324 g/mol. The Balaban J connectivity index is 1.62. The molecule has 0 unspecified atom stereocenters. The Morgan fingerprint density at radius 3 is 3.00 bits per heavy atom. The summed E-state index contributed by atoms with van der Waals surface area (Å²) in [5, 5.41) is 6.74. The molecule has 4 aliphatic heterocycles. The van der Waals surface area contributed by atoms with Gasteiger partial charge < -0.3 is 15.4 Å². The van der Waals surface area contributed by atoms with E-state index in [4.69, 9.17) is 4.74 Å². The molecular weight excluding hydrogens is 304 g/mol. The van der Waals surface area contributed by atoms with Crippen LogP contribution in [-0.2, 0) is 19.7 Å². The summed E-state index contributed by atoms with van der Waals surface area (Å²) in [7, 11) is 0. The number of para-hydroxylation sites is 1. The van der Waals surface area contributed by atoms with Crippen LogP contribution < -0.4 is 10.6 Å². The summed E-state index contributed by atoms with van der Waals surface area (Å²) >= 11 is 0. The van der Waals surface area contributed by atoms with E-state index in [1.807, 2.05) is 18.2 Å². The minimum atomic E-state index is -0.538. The van der Waals surface area contributed by atoms with E-state index in [0.29, 0.717) is 6.61 Å². The molecule has 5 rings (SSSR count). The van der Waals surface area contributed by atoms with Gasteiger partial charge in [-0.15, -0.1) is 0 Å². The van der Waals surface area contributed by atoms with Gasteiger partial charge in [-0.2, -0.15) is 0 Å². The predicted octanol–water partition coefficient (Wildman–Crippen LogP) is 1.75. The Morgan fingerprint density at radius 2 is 2.17 bits per heavy atom. The Bertz CT molecular complexity index is 787. The quantitative estimate of drug-likeness (QED) is 0.826. The third kappa shape index (κ3) is 1.63. The number of anilines is 1. The number of allylic oxidation sites excluding steroid dienone is 1. The molecule has 0 aromatic heterocycles. The number of carbonyl (C=O) groups excluding carboxylic acids is 2. The van der Waals surface area contributed by atoms with Gasteiger partial charge in [0.15, 0.2) is 5.78 Å². The number of amides is 1. The van der Waals surface area contributed by atoms with Crippen LogP contribution in [0.1, 0.15) is 25.3 Å². The van der Waals surface area contributed by atoms with Gasteiger partial charge in [0.05, 0.1) is 18.3 Å². The molecule has 124 valence electrons. The molecule has 1 spiro atoms. The van der Waals surface area contributed by atoms with Crippen molar-refractivity contribution in [2.24, 2.45) is 11.8 Å². The van der Waals surface area contributed by atoms with E-state index in [1.165, 1.54) is 0 Å². The first-order valence-electron chi connectivity index (χ1n) is 8.61. The standard InChI is InChI=1S/C19H20N2O3/c1-10(22)13-8-24-9-14-12(13)6-11-7-19(17(14)20-11)15-4-2-3-5-16(15)21-18(19)23/h2-5,8,11-12,14,17,20H,6-7,9H2,1H3,(H,21,23)/t11-,12-,14+,17+,19+/m0/s1. The average Bonchev–Trinajstić information content (AvgIpc) is 3.04. The minimum Gasteiger partial charge on any atom is -0.500 e. The molecule has 24 heavy (non-hydrogen) atoms. The molecule has 5 nitrogen and oxygen atoms in total. The van der Waals surface area contributed by atoms with Gasteiger partial charge in [-0.25, -0.2) is 0 Å². The van der Waals surface area contributed by atoms with Crippen molar-refractivity contribution in [3.63, 3.8) is 0 Å². The Hall–Kier alpha value is -2.14. The van der Waals surface area contributed by atoms with E-state index in [-0.39, 0.29) is 35.6 Å². The summed E-state index contributed by atoms with van der Waals surface area (Å²) < 4.78 is 5.63. The summed E-state index contributed by atoms with van der Waals surface area (Å²) in [5.41, 5.74) is 2.26. The van der Waals surface area contributed by atoms with Crippen molar-refractivity contribution in [2.45, 2.75) is 37.3 Å². The van der Waals surface area contributed by atoms with Crippen molar-refractivity contribution in [3.05, 3.63) is 41.7 Å². The summed E-state index contributed by atoms with van der Waals surface area (Å²) in [6, 6.07) is 8.26. The van der Waals surface area contributed by atoms with Crippen LogP contribution in [0, 0.1) is 11.8 Å². The van der Waals surface area contributed by atoms with Crippen LogP contribution in [-0.4, -0.2) is 30.4 Å². The van der Waals surface area contributed by atoms with E-state index in [9.17, 15) is 9.59 Å². The molecule has 0 saturated carbocycles. The number of hydrogen-bond donors (Lipinski definition) is 2. The van der Waals surface area contributed by atoms with Crippen LogP contribution >= 0.6 is 0 Å². The zero-order chi connectivity index (χ0) is 16.5. The molecule has 1 aromatic carbocycles. The number of rotatable bonds is 1. The van der Waals surface area contributed by atoms with E-state index in [1.54, 1.807) is 13.2 Å². The fourth-order valence-corrected chi connectivity index (χ4v) is 5.42. The Labute approximate surface area is 140 Å². The predicted molar refractivity (Wildman–Crippen MR) is 88.4 cm³/mol. The summed E-state index contributed by atoms with van der Waals surface area (Å²) in [6.45, 7) is 2.16. The highest BCUT2D eigenvalue weighted by molar-refractivity contribution is 6.07. The van der Waals surface area contributed by atoms with Crippen molar-refractivity contribution in [1.29, 1.82) is 0 Å². The van der Waals surface area contributed by atoms with Crippen molar-refractivity contribution in [1.82, 2.24) is 5.32 Å². The van der Waals surface area contributed by atoms with Crippen molar-refractivity contribution in [3.8, 4) is 0 Å². The van der Waals surface area contributed by atoms with E-state index in [2.05, 4.69) is 16.7 Å². The lowest BCUT2D eigenvalue weighted by Gasteiger charge is -2.43. The molecule has 2 N–H and O–H groups in total. The zero-order valence-corrected chi connectivity index (χ0v) is 13.5. The number of ketones is 1. The third-order valence-corrected chi connectivity index (χ3v) is 6.36. The van der Waals surface area contributed by atoms with Gasteiger partial charge >= 0.3 is 0 Å². The first-order chi connectivity index (χ1) is 11.6. The fourth-order valence-electron chi connectivity index (χ4n) is 5.42. The first kappa shape index (κ1) is 14.2. The third-order valence-electron chi connectivity index (χ3n) is 6.36. The molecule has 2 fully saturated rings. The normalized spacial score (nSPS) is 38.9. The number of nitrogens with one attached hydrogen (secondary N) is 2. The lowest BCUT2D eigenvalue weighted by atomic mass is 9.67. The summed E-state index contributed by atoms with van der Waals surface area (Å²) in [4.78, 5) is 25.0. The Morgan fingerprint density at radius 1 is 1.33 bits per heavy atom. The van der Waals surface area contributed by atoms with Crippen LogP contribution in [0.2, 0.25) is 0 Å². The van der Waals surface area contributed by atoms with E-state index in [0.717, 1.165) is 29.7 Å². The molecule has 2 bridgehead atoms. The number of hydrogen-bond acceptors (Lipinski definition) is 4. The molecular formula is C19H20N2O3. The Kier molecular flexibility index (Phi) is 2.78. The molecule has 4 heterocycles. The summed E-state index contributed by atoms with van der Waals surface area (Å²) in [6.07, 6.45) is 3.33. The topological polar surface area (TPSA) is 67.4 Å². The second kappa shape index (κ2) is 4.70. The highest BCUT2D eigenvalue weighted by atomic mass is 16.5. The van der Waals surface area contributed by atoms with Crippen LogP contribution in [0.4, 0.5) is 5.69 Å². The first-order valence-corrected chi connectivity index (χ1v) is 8.61. The minimum absolute atomic E-state index is 0.00736. The van der Waals surface area contributed by atoms with Gasteiger partial charge in [-0.1, -0.05) is 18.2 Å². The molecule has 2 saturated heterocycles. The van der Waals surface area contributed by atoms with Crippen LogP contribution in [0.25, 0.3) is 0 Å². The summed E-state index contributed by atoms with van der Waals surface area (Å²) in [5.74, 6) is 0.497.